The summed E-state index contributed by atoms with van der Waals surface area (Å²) in [5, 5.41) is 10.1. The first-order valence-electron chi connectivity index (χ1n) is 13.8. The van der Waals surface area contributed by atoms with Gasteiger partial charge in [0.1, 0.15) is 0 Å². The van der Waals surface area contributed by atoms with Gasteiger partial charge in [0.2, 0.25) is 11.6 Å². The summed E-state index contributed by atoms with van der Waals surface area (Å²) in [6.45, 7) is 2.13. The second-order valence-corrected chi connectivity index (χ2v) is 10.3. The van der Waals surface area contributed by atoms with Crippen LogP contribution in [0.3, 0.4) is 0 Å². The van der Waals surface area contributed by atoms with Crippen LogP contribution in [0, 0.1) is 0 Å². The number of hydrogen-bond donors (Lipinski definition) is 0. The molecule has 0 amide bonds. The molecule has 10 heteroatoms. The average Bonchev–Trinajstić information content (AvgIpc) is 3.21. The molecule has 0 saturated carbocycles. The minimum Gasteiger partial charge on any atom is -1.00 e. The van der Waals surface area contributed by atoms with Gasteiger partial charge in [-0.15, -0.1) is 9.36 Å². The highest BCUT2D eigenvalue weighted by molar-refractivity contribution is 5.96. The Bertz CT molecular complexity index is 1350. The lowest BCUT2D eigenvalue weighted by molar-refractivity contribution is -0.721. The lowest BCUT2D eigenvalue weighted by Gasteiger charge is -2.01. The van der Waals surface area contributed by atoms with Gasteiger partial charge in [-0.3, -0.25) is 9.59 Å². The van der Waals surface area contributed by atoms with Crippen LogP contribution in [0.5, 0.6) is 0 Å². The van der Waals surface area contributed by atoms with Gasteiger partial charge in [-0.1, -0.05) is 60.7 Å². The maximum absolute atomic E-state index is 13.1. The van der Waals surface area contributed by atoms with Gasteiger partial charge in [-0.25, -0.2) is 9.13 Å². The van der Waals surface area contributed by atoms with Crippen molar-refractivity contribution in [2.24, 2.45) is 0 Å². The Hall–Kier alpha value is -2.98. The van der Waals surface area contributed by atoms with Crippen LogP contribution in [-0.4, -0.2) is 31.1 Å². The molecular formula is C30H34Br2N6O2. The quantitative estimate of drug-likeness (QED) is 0.162. The molecule has 4 aromatic rings. The summed E-state index contributed by atoms with van der Waals surface area (Å²) < 4.78 is 8.34. The summed E-state index contributed by atoms with van der Waals surface area (Å²) in [5.74, 6) is 3.88. The fraction of sp³-hybridized carbons (Fsp3) is 0.400. The SMILES string of the molecule is O=C(Cn1nc(-c2nn(CC(=O)c3ccccc3)c3[n+]2CCCCC3)[n+]2c1CCCCC2)c1ccccc1.[Br-].[Br-]. The van der Waals surface area contributed by atoms with E-state index in [0.717, 1.165) is 87.8 Å². The Kier molecular flexibility index (Phi) is 10.2. The van der Waals surface area contributed by atoms with Gasteiger partial charge >= 0.3 is 11.6 Å². The summed E-state index contributed by atoms with van der Waals surface area (Å²) in [6, 6.07) is 18.9. The predicted molar refractivity (Wildman–Crippen MR) is 140 cm³/mol. The van der Waals surface area contributed by atoms with E-state index in [9.17, 15) is 9.59 Å². The Labute approximate surface area is 255 Å². The van der Waals surface area contributed by atoms with Crippen LogP contribution in [0.1, 0.15) is 70.9 Å². The lowest BCUT2D eigenvalue weighted by atomic mass is 10.1. The highest BCUT2D eigenvalue weighted by Crippen LogP contribution is 2.19. The van der Waals surface area contributed by atoms with E-state index in [2.05, 4.69) is 9.13 Å². The van der Waals surface area contributed by atoms with Gasteiger partial charge in [0.15, 0.2) is 24.7 Å². The average molecular weight is 670 g/mol. The van der Waals surface area contributed by atoms with E-state index in [1.165, 1.54) is 0 Å². The molecule has 0 N–H and O–H groups in total. The summed E-state index contributed by atoms with van der Waals surface area (Å²) in [6.07, 6.45) is 8.38. The van der Waals surface area contributed by atoms with Gasteiger partial charge in [0.05, 0.1) is 23.3 Å². The van der Waals surface area contributed by atoms with Gasteiger partial charge in [0, 0.05) is 24.0 Å². The van der Waals surface area contributed by atoms with Crippen molar-refractivity contribution in [2.45, 2.75) is 77.5 Å². The van der Waals surface area contributed by atoms with E-state index in [4.69, 9.17) is 10.2 Å². The molecule has 210 valence electrons. The zero-order valence-electron chi connectivity index (χ0n) is 22.5. The zero-order valence-corrected chi connectivity index (χ0v) is 25.7. The summed E-state index contributed by atoms with van der Waals surface area (Å²) >= 11 is 0. The Morgan fingerprint density at radius 2 is 1.00 bits per heavy atom. The smallest absolute Gasteiger partial charge is 0.382 e. The number of halogens is 2. The van der Waals surface area contributed by atoms with E-state index in [1.54, 1.807) is 0 Å². The Balaban J connectivity index is 0.00000185. The molecule has 4 heterocycles. The first-order chi connectivity index (χ1) is 18.7. The number of carbonyl (C=O) groups is 2. The van der Waals surface area contributed by atoms with E-state index < -0.39 is 0 Å². The van der Waals surface area contributed by atoms with Crippen molar-refractivity contribution in [2.75, 3.05) is 0 Å². The van der Waals surface area contributed by atoms with Gasteiger partial charge < -0.3 is 34.0 Å². The van der Waals surface area contributed by atoms with E-state index in [0.29, 0.717) is 11.1 Å². The normalized spacial score (nSPS) is 14.5. The maximum atomic E-state index is 13.1. The predicted octanol–water partition coefficient (Wildman–Crippen LogP) is -2.45. The van der Waals surface area contributed by atoms with E-state index in [-0.39, 0.29) is 58.6 Å². The van der Waals surface area contributed by atoms with Crippen LogP contribution >= 0.6 is 0 Å². The molecule has 6 rings (SSSR count). The second-order valence-electron chi connectivity index (χ2n) is 10.3. The summed E-state index contributed by atoms with van der Waals surface area (Å²) in [5.41, 5.74) is 1.40. The fourth-order valence-electron chi connectivity index (χ4n) is 5.72. The highest BCUT2D eigenvalue weighted by Gasteiger charge is 2.39. The van der Waals surface area contributed by atoms with Crippen LogP contribution in [0.25, 0.3) is 11.6 Å². The molecule has 0 bridgehead atoms. The van der Waals surface area contributed by atoms with Crippen molar-refractivity contribution in [3.8, 4) is 11.6 Å². The van der Waals surface area contributed by atoms with Crippen LogP contribution in [-0.2, 0) is 39.0 Å². The van der Waals surface area contributed by atoms with Crippen molar-refractivity contribution in [3.05, 3.63) is 83.4 Å². The topological polar surface area (TPSA) is 77.5 Å². The number of Topliss-reactive ketones (excluding diaryl/α,β-unsaturated/α-hetero) is 2. The fourth-order valence-corrected chi connectivity index (χ4v) is 5.72. The zero-order chi connectivity index (χ0) is 25.9. The number of fused-ring (bicyclic) bond motifs is 2. The van der Waals surface area contributed by atoms with Crippen molar-refractivity contribution in [3.63, 3.8) is 0 Å². The van der Waals surface area contributed by atoms with Crippen LogP contribution in [0.4, 0.5) is 0 Å². The Morgan fingerprint density at radius 1 is 0.600 bits per heavy atom. The van der Waals surface area contributed by atoms with E-state index >= 15 is 0 Å². The number of aromatic nitrogens is 6. The minimum atomic E-state index is 0. The maximum Gasteiger partial charge on any atom is 0.382 e. The summed E-state index contributed by atoms with van der Waals surface area (Å²) in [4.78, 5) is 26.3. The molecule has 2 aromatic heterocycles. The second kappa shape index (κ2) is 13.6. The highest BCUT2D eigenvalue weighted by atomic mass is 79.9. The molecular weight excluding hydrogens is 636 g/mol. The first kappa shape index (κ1) is 30.0. The minimum absolute atomic E-state index is 0. The third-order valence-corrected chi connectivity index (χ3v) is 7.70. The third-order valence-electron chi connectivity index (χ3n) is 7.70. The molecule has 0 saturated heterocycles. The molecule has 8 nitrogen and oxygen atoms in total. The summed E-state index contributed by atoms with van der Waals surface area (Å²) in [7, 11) is 0. The lowest BCUT2D eigenvalue weighted by Crippen LogP contribution is -3.00. The van der Waals surface area contributed by atoms with Gasteiger partial charge in [-0.05, 0) is 38.5 Å². The molecule has 0 spiro atoms. The number of benzene rings is 2. The molecule has 0 atom stereocenters. The number of hydrogen-bond acceptors (Lipinski definition) is 4. The number of nitrogens with zero attached hydrogens (tertiary/aromatic N) is 6. The Morgan fingerprint density at radius 3 is 1.40 bits per heavy atom. The number of carbonyl (C=O) groups excluding carboxylic acids is 2. The molecule has 2 aliphatic heterocycles. The van der Waals surface area contributed by atoms with E-state index in [1.807, 2.05) is 70.0 Å². The molecule has 2 aromatic carbocycles. The molecule has 0 aliphatic carbocycles. The monoisotopic (exact) mass is 668 g/mol. The number of ketones is 2. The van der Waals surface area contributed by atoms with Crippen molar-refractivity contribution < 1.29 is 52.7 Å². The molecule has 0 unspecified atom stereocenters. The third kappa shape index (κ3) is 6.17. The molecule has 2 aliphatic rings. The van der Waals surface area contributed by atoms with Crippen molar-refractivity contribution >= 4 is 11.6 Å². The molecule has 0 fully saturated rings. The van der Waals surface area contributed by atoms with Crippen molar-refractivity contribution in [1.82, 2.24) is 19.6 Å². The largest absolute Gasteiger partial charge is 1.00 e. The molecule has 0 radical (unpaired) electrons. The van der Waals surface area contributed by atoms with Crippen LogP contribution < -0.4 is 43.1 Å². The standard InChI is InChI=1S/C30H34N6O2.2BrH/c37-25(23-13-5-1-6-14-23)21-35-27-17-9-3-11-19-33(27)29(31-35)30-32-36(28-18-10-4-12-20-34(28)30)22-26(38)24-15-7-2-8-16-24;;/h1-2,5-8,13-16H,3-4,9-12,17-22H2;2*1H/q+2;;/p-2. The van der Waals surface area contributed by atoms with Crippen LogP contribution in [0.2, 0.25) is 0 Å². The van der Waals surface area contributed by atoms with Gasteiger partial charge in [0.25, 0.3) is 0 Å². The molecule has 40 heavy (non-hydrogen) atoms. The first-order valence-corrected chi connectivity index (χ1v) is 13.8. The number of rotatable bonds is 7. The van der Waals surface area contributed by atoms with Crippen molar-refractivity contribution in [1.29, 1.82) is 0 Å². The van der Waals surface area contributed by atoms with Crippen LogP contribution in [0.15, 0.2) is 60.7 Å². The van der Waals surface area contributed by atoms with Gasteiger partial charge in [-0.2, -0.15) is 0 Å².